The molecule has 0 aromatic heterocycles. The second-order valence-corrected chi connectivity index (χ2v) is 9.47. The topological polar surface area (TPSA) is 9.23 Å². The highest BCUT2D eigenvalue weighted by atomic mass is 16.5. The van der Waals surface area contributed by atoms with Gasteiger partial charge in [0.15, 0.2) is 0 Å². The van der Waals surface area contributed by atoms with Crippen LogP contribution in [0.1, 0.15) is 61.1 Å². The van der Waals surface area contributed by atoms with Crippen molar-refractivity contribution < 1.29 is 4.74 Å². The molecule has 3 aromatic carbocycles. The van der Waals surface area contributed by atoms with Crippen molar-refractivity contribution in [2.45, 2.75) is 43.9 Å². The minimum Gasteiger partial charge on any atom is -0.496 e. The van der Waals surface area contributed by atoms with Gasteiger partial charge in [0.05, 0.1) is 7.11 Å². The van der Waals surface area contributed by atoms with Gasteiger partial charge in [-0.1, -0.05) is 88.4 Å². The average molecular weight is 367 g/mol. The van der Waals surface area contributed by atoms with Crippen LogP contribution in [-0.2, 0) is 16.2 Å². The van der Waals surface area contributed by atoms with Crippen molar-refractivity contribution in [2.24, 2.45) is 5.41 Å². The van der Waals surface area contributed by atoms with Crippen LogP contribution in [-0.4, -0.2) is 7.11 Å². The lowest BCUT2D eigenvalue weighted by Crippen LogP contribution is -2.51. The number of hydrogen-bond acceptors (Lipinski definition) is 1. The van der Waals surface area contributed by atoms with Gasteiger partial charge in [0.2, 0.25) is 0 Å². The summed E-state index contributed by atoms with van der Waals surface area (Å²) in [6, 6.07) is 24.9. The first-order valence-electron chi connectivity index (χ1n) is 10.3. The van der Waals surface area contributed by atoms with Crippen LogP contribution in [0.15, 0.2) is 66.7 Å². The molecule has 0 unspecified atom stereocenters. The van der Waals surface area contributed by atoms with Crippen molar-refractivity contribution >= 4 is 0 Å². The highest BCUT2D eigenvalue weighted by Gasteiger charge is 2.80. The van der Waals surface area contributed by atoms with E-state index in [1.54, 1.807) is 0 Å². The highest BCUT2D eigenvalue weighted by molar-refractivity contribution is 5.78. The van der Waals surface area contributed by atoms with E-state index < -0.39 is 0 Å². The molecule has 0 heterocycles. The van der Waals surface area contributed by atoms with Crippen LogP contribution in [0.25, 0.3) is 0 Å². The van der Waals surface area contributed by atoms with E-state index >= 15 is 0 Å². The monoisotopic (exact) mass is 366 g/mol. The summed E-state index contributed by atoms with van der Waals surface area (Å²) in [5, 5.41) is 0. The standard InChI is InChI=1S/C27H26O/c1-24-17-11-6-7-12-18(17)25(2)21-15-10-16-22(28-5)23(21)26(3,27(24,25)4)20-14-9-8-13-19(20)24/h6-16H,1-5H3/t24-,25+,26-,27+/m1/s1. The molecule has 0 fully saturated rings. The second-order valence-electron chi connectivity index (χ2n) is 9.47. The molecule has 0 bridgehead atoms. The summed E-state index contributed by atoms with van der Waals surface area (Å²) in [7, 11) is 1.81. The van der Waals surface area contributed by atoms with Gasteiger partial charge in [-0.15, -0.1) is 0 Å². The van der Waals surface area contributed by atoms with E-state index in [9.17, 15) is 0 Å². The number of hydrogen-bond donors (Lipinski definition) is 0. The molecule has 6 rings (SSSR count). The van der Waals surface area contributed by atoms with Gasteiger partial charge in [0.25, 0.3) is 0 Å². The molecule has 0 spiro atoms. The van der Waals surface area contributed by atoms with E-state index in [-0.39, 0.29) is 21.7 Å². The Balaban J connectivity index is 1.92. The zero-order chi connectivity index (χ0) is 19.5. The van der Waals surface area contributed by atoms with E-state index in [1.807, 2.05) is 7.11 Å². The van der Waals surface area contributed by atoms with Crippen molar-refractivity contribution in [2.75, 3.05) is 7.11 Å². The van der Waals surface area contributed by atoms with E-state index in [0.717, 1.165) is 5.75 Å². The molecule has 0 saturated heterocycles. The largest absolute Gasteiger partial charge is 0.496 e. The average Bonchev–Trinajstić information content (AvgIpc) is 3.10. The van der Waals surface area contributed by atoms with Crippen molar-refractivity contribution in [3.05, 3.63) is 100 Å². The Morgan fingerprint density at radius 2 is 0.964 bits per heavy atom. The number of ether oxygens (including phenoxy) is 1. The third-order valence-corrected chi connectivity index (χ3v) is 9.29. The number of methoxy groups -OCH3 is 1. The van der Waals surface area contributed by atoms with Crippen LogP contribution in [0, 0.1) is 5.41 Å². The quantitative estimate of drug-likeness (QED) is 0.516. The third-order valence-electron chi connectivity index (χ3n) is 9.29. The predicted molar refractivity (Wildman–Crippen MR) is 113 cm³/mol. The van der Waals surface area contributed by atoms with Gasteiger partial charge in [-0.05, 0) is 33.9 Å². The summed E-state index contributed by atoms with van der Waals surface area (Å²) in [6.45, 7) is 9.97. The van der Waals surface area contributed by atoms with Crippen molar-refractivity contribution in [3.63, 3.8) is 0 Å². The molecule has 0 radical (unpaired) electrons. The Kier molecular flexibility index (Phi) is 2.66. The summed E-state index contributed by atoms with van der Waals surface area (Å²) in [5.41, 5.74) is 8.47. The van der Waals surface area contributed by atoms with Gasteiger partial charge in [0.1, 0.15) is 5.75 Å². The van der Waals surface area contributed by atoms with E-state index in [1.165, 1.54) is 33.4 Å². The van der Waals surface area contributed by atoms with Gasteiger partial charge in [-0.25, -0.2) is 0 Å². The zero-order valence-electron chi connectivity index (χ0n) is 17.3. The fourth-order valence-corrected chi connectivity index (χ4v) is 7.87. The molecule has 0 saturated carbocycles. The van der Waals surface area contributed by atoms with Gasteiger partial charge < -0.3 is 4.74 Å². The zero-order valence-corrected chi connectivity index (χ0v) is 17.3. The first-order valence-corrected chi connectivity index (χ1v) is 10.3. The fraction of sp³-hybridized carbons (Fsp3) is 0.333. The van der Waals surface area contributed by atoms with Gasteiger partial charge >= 0.3 is 0 Å². The van der Waals surface area contributed by atoms with E-state index in [0.29, 0.717) is 0 Å². The minimum absolute atomic E-state index is 0.0165. The molecule has 4 atom stereocenters. The van der Waals surface area contributed by atoms with Gasteiger partial charge in [0, 0.05) is 27.2 Å². The summed E-state index contributed by atoms with van der Waals surface area (Å²) in [4.78, 5) is 0. The molecule has 0 aliphatic heterocycles. The van der Waals surface area contributed by atoms with Crippen LogP contribution in [0.2, 0.25) is 0 Å². The molecule has 3 aromatic rings. The second kappa shape index (κ2) is 4.54. The van der Waals surface area contributed by atoms with E-state index in [2.05, 4.69) is 94.4 Å². The van der Waals surface area contributed by atoms with Gasteiger partial charge in [-0.3, -0.25) is 0 Å². The van der Waals surface area contributed by atoms with Crippen molar-refractivity contribution in [1.29, 1.82) is 0 Å². The van der Waals surface area contributed by atoms with Crippen molar-refractivity contribution in [1.82, 2.24) is 0 Å². The summed E-state index contributed by atoms with van der Waals surface area (Å²) in [6.07, 6.45) is 0. The fourth-order valence-electron chi connectivity index (χ4n) is 7.87. The molecule has 28 heavy (non-hydrogen) atoms. The molecular formula is C27H26O. The molecule has 3 aliphatic carbocycles. The highest BCUT2D eigenvalue weighted by Crippen LogP contribution is 2.82. The normalized spacial score (nSPS) is 35.9. The molecule has 140 valence electrons. The predicted octanol–water partition coefficient (Wildman–Crippen LogP) is 5.96. The maximum absolute atomic E-state index is 5.96. The Labute approximate surface area is 167 Å². The Bertz CT molecular complexity index is 1170. The molecule has 1 nitrogen and oxygen atoms in total. The van der Waals surface area contributed by atoms with Crippen LogP contribution in [0.5, 0.6) is 5.75 Å². The summed E-state index contributed by atoms with van der Waals surface area (Å²) in [5.74, 6) is 1.02. The first-order chi connectivity index (χ1) is 13.4. The van der Waals surface area contributed by atoms with Crippen LogP contribution in [0.3, 0.4) is 0 Å². The molecule has 0 N–H and O–H groups in total. The molecule has 0 amide bonds. The number of benzene rings is 3. The Morgan fingerprint density at radius 1 is 0.536 bits per heavy atom. The molecule has 3 aliphatic rings. The minimum atomic E-state index is -0.117. The Morgan fingerprint density at radius 3 is 1.46 bits per heavy atom. The lowest BCUT2D eigenvalue weighted by molar-refractivity contribution is 0.0988. The molecular weight excluding hydrogens is 340 g/mol. The smallest absolute Gasteiger partial charge is 0.123 e. The lowest BCUT2D eigenvalue weighted by Gasteiger charge is -2.49. The number of rotatable bonds is 1. The van der Waals surface area contributed by atoms with Crippen LogP contribution in [0.4, 0.5) is 0 Å². The summed E-state index contributed by atoms with van der Waals surface area (Å²) < 4.78 is 5.96. The van der Waals surface area contributed by atoms with Crippen LogP contribution < -0.4 is 4.74 Å². The summed E-state index contributed by atoms with van der Waals surface area (Å²) >= 11 is 0. The lowest BCUT2D eigenvalue weighted by atomic mass is 9.52. The van der Waals surface area contributed by atoms with Crippen molar-refractivity contribution in [3.8, 4) is 5.75 Å². The van der Waals surface area contributed by atoms with Gasteiger partial charge in [-0.2, -0.15) is 0 Å². The third kappa shape index (κ3) is 1.22. The van der Waals surface area contributed by atoms with E-state index in [4.69, 9.17) is 4.74 Å². The first kappa shape index (κ1) is 16.4. The Hall–Kier alpha value is -2.54. The SMILES string of the molecule is COc1cccc2c1[C@@]1(C)c3ccccc3[C@@]3(C)c4ccccc4[C@]2(C)[C@]31C. The van der Waals surface area contributed by atoms with Crippen LogP contribution >= 0.6 is 0 Å². The number of fused-ring (bicyclic) bond motifs is 9. The maximum Gasteiger partial charge on any atom is 0.123 e. The maximum atomic E-state index is 5.96. The molecule has 1 heteroatoms.